The molecular formula is C31H22N4O8. The van der Waals surface area contributed by atoms with E-state index in [9.17, 15) is 24.5 Å². The lowest BCUT2D eigenvalue weighted by Crippen LogP contribution is -2.32. The van der Waals surface area contributed by atoms with Crippen molar-refractivity contribution in [2.75, 3.05) is 6.79 Å². The normalized spacial score (nSPS) is 12.0. The van der Waals surface area contributed by atoms with Crippen LogP contribution in [0.5, 0.6) is 17.2 Å². The van der Waals surface area contributed by atoms with Gasteiger partial charge in [-0.3, -0.25) is 19.7 Å². The lowest BCUT2D eigenvalue weighted by Gasteiger charge is -2.10. The lowest BCUT2D eigenvalue weighted by molar-refractivity contribution is -0.384. The highest BCUT2D eigenvalue weighted by atomic mass is 16.7. The van der Waals surface area contributed by atoms with E-state index in [0.717, 1.165) is 12.3 Å². The molecular weight excluding hydrogens is 556 g/mol. The number of nitrogens with one attached hydrogen (secondary N) is 2. The van der Waals surface area contributed by atoms with Crippen LogP contribution in [0.1, 0.15) is 31.8 Å². The molecule has 5 rings (SSSR count). The molecule has 43 heavy (non-hydrogen) atoms. The van der Waals surface area contributed by atoms with E-state index >= 15 is 0 Å². The highest BCUT2D eigenvalue weighted by Gasteiger charge is 2.18. The van der Waals surface area contributed by atoms with Gasteiger partial charge >= 0.3 is 5.97 Å². The van der Waals surface area contributed by atoms with Gasteiger partial charge in [0, 0.05) is 23.3 Å². The molecule has 0 fully saturated rings. The van der Waals surface area contributed by atoms with Crippen LogP contribution in [0.15, 0.2) is 108 Å². The van der Waals surface area contributed by atoms with Crippen molar-refractivity contribution in [1.29, 1.82) is 0 Å². The zero-order valence-electron chi connectivity index (χ0n) is 22.3. The van der Waals surface area contributed by atoms with Crippen LogP contribution in [0.25, 0.3) is 6.08 Å². The van der Waals surface area contributed by atoms with Gasteiger partial charge in [0.25, 0.3) is 17.5 Å². The van der Waals surface area contributed by atoms with Crippen LogP contribution < -0.4 is 25.0 Å². The van der Waals surface area contributed by atoms with Crippen molar-refractivity contribution in [3.8, 4) is 17.2 Å². The van der Waals surface area contributed by atoms with Gasteiger partial charge in [0.2, 0.25) is 6.79 Å². The number of hydrogen-bond donors (Lipinski definition) is 2. The molecule has 0 aromatic heterocycles. The third-order valence-electron chi connectivity index (χ3n) is 6.02. The van der Waals surface area contributed by atoms with Crippen molar-refractivity contribution >= 4 is 35.8 Å². The first kappa shape index (κ1) is 28.2. The fourth-order valence-corrected chi connectivity index (χ4v) is 3.91. The van der Waals surface area contributed by atoms with E-state index in [1.165, 1.54) is 18.2 Å². The summed E-state index contributed by atoms with van der Waals surface area (Å²) in [6.45, 7) is 0.0651. The molecule has 4 aromatic carbocycles. The van der Waals surface area contributed by atoms with Crippen LogP contribution in [-0.2, 0) is 4.79 Å². The van der Waals surface area contributed by atoms with Crippen molar-refractivity contribution in [1.82, 2.24) is 10.7 Å². The van der Waals surface area contributed by atoms with Crippen molar-refractivity contribution in [3.63, 3.8) is 0 Å². The minimum atomic E-state index is -0.800. The molecule has 1 aliphatic heterocycles. The number of nitro groups is 1. The smallest absolute Gasteiger partial charge is 0.343 e. The fourth-order valence-electron chi connectivity index (χ4n) is 3.91. The Bertz CT molecular complexity index is 1750. The average Bonchev–Trinajstić information content (AvgIpc) is 3.50. The van der Waals surface area contributed by atoms with Crippen molar-refractivity contribution in [2.45, 2.75) is 0 Å². The van der Waals surface area contributed by atoms with Crippen LogP contribution in [-0.4, -0.2) is 35.7 Å². The van der Waals surface area contributed by atoms with Crippen LogP contribution in [0, 0.1) is 10.1 Å². The molecule has 0 spiro atoms. The van der Waals surface area contributed by atoms with Gasteiger partial charge in [0.1, 0.15) is 11.4 Å². The number of hydrazone groups is 1. The molecule has 4 aromatic rings. The number of rotatable bonds is 9. The maximum atomic E-state index is 13.2. The SMILES string of the molecule is O=C(NN=Cc1cc([N+](=O)[O-])ccc1OC(=O)c1ccccc1)C(=Cc1ccc2c(c1)OCO2)NC(=O)c1ccccc1. The fraction of sp³-hybridized carbons (Fsp3) is 0.0323. The van der Waals surface area contributed by atoms with E-state index in [1.807, 2.05) is 0 Å². The Hall–Kier alpha value is -6.30. The molecule has 0 aliphatic carbocycles. The number of non-ortho nitro benzene ring substituents is 1. The summed E-state index contributed by atoms with van der Waals surface area (Å²) in [7, 11) is 0. The lowest BCUT2D eigenvalue weighted by atomic mass is 10.1. The topological polar surface area (TPSA) is 158 Å². The first-order valence-corrected chi connectivity index (χ1v) is 12.7. The monoisotopic (exact) mass is 578 g/mol. The number of nitrogens with zero attached hydrogens (tertiary/aromatic N) is 2. The van der Waals surface area contributed by atoms with Crippen molar-refractivity contribution < 1.29 is 33.5 Å². The Morgan fingerprint density at radius 1 is 0.860 bits per heavy atom. The van der Waals surface area contributed by atoms with Crippen LogP contribution in [0.3, 0.4) is 0 Å². The van der Waals surface area contributed by atoms with E-state index in [2.05, 4.69) is 15.8 Å². The number of nitro benzene ring substituents is 1. The second-order valence-corrected chi connectivity index (χ2v) is 8.92. The summed E-state index contributed by atoms with van der Waals surface area (Å²) in [6.07, 6.45) is 2.52. The van der Waals surface area contributed by atoms with Gasteiger partial charge in [-0.1, -0.05) is 42.5 Å². The maximum absolute atomic E-state index is 13.2. The molecule has 0 unspecified atom stereocenters. The van der Waals surface area contributed by atoms with Gasteiger partial charge in [-0.25, -0.2) is 10.2 Å². The molecule has 1 aliphatic rings. The first-order valence-electron chi connectivity index (χ1n) is 12.7. The second kappa shape index (κ2) is 12.9. The molecule has 2 amide bonds. The Morgan fingerprint density at radius 3 is 2.28 bits per heavy atom. The average molecular weight is 579 g/mol. The van der Waals surface area contributed by atoms with E-state index in [1.54, 1.807) is 78.9 Å². The van der Waals surface area contributed by atoms with Crippen molar-refractivity contribution in [2.24, 2.45) is 5.10 Å². The van der Waals surface area contributed by atoms with Gasteiger partial charge in [-0.05, 0) is 54.1 Å². The van der Waals surface area contributed by atoms with Crippen LogP contribution >= 0.6 is 0 Å². The Labute approximate surface area is 244 Å². The predicted molar refractivity (Wildman–Crippen MR) is 155 cm³/mol. The number of amides is 2. The second-order valence-electron chi connectivity index (χ2n) is 8.92. The van der Waals surface area contributed by atoms with Crippen molar-refractivity contribution in [3.05, 3.63) is 135 Å². The number of carbonyl (C=O) groups is 3. The standard InChI is InChI=1S/C31H22N4O8/c36-29(21-7-3-1-4-8-21)33-25(15-20-11-13-27-28(16-20)42-19-41-27)30(37)34-32-18-23-17-24(35(39)40)12-14-26(23)43-31(38)22-9-5-2-6-10-22/h1-18H,19H2,(H,33,36)(H,34,37). The summed E-state index contributed by atoms with van der Waals surface area (Å²) in [5.41, 5.74) is 3.03. The molecule has 0 saturated carbocycles. The third kappa shape index (κ3) is 7.08. The summed E-state index contributed by atoms with van der Waals surface area (Å²) in [6, 6.07) is 25.0. The quantitative estimate of drug-likeness (QED) is 0.0736. The van der Waals surface area contributed by atoms with Gasteiger partial charge in [-0.15, -0.1) is 0 Å². The van der Waals surface area contributed by atoms with Crippen LogP contribution in [0.4, 0.5) is 5.69 Å². The zero-order chi connectivity index (χ0) is 30.2. The molecule has 2 N–H and O–H groups in total. The minimum Gasteiger partial charge on any atom is -0.454 e. The van der Waals surface area contributed by atoms with Crippen LogP contribution in [0.2, 0.25) is 0 Å². The zero-order valence-corrected chi connectivity index (χ0v) is 22.3. The summed E-state index contributed by atoms with van der Waals surface area (Å²) in [4.78, 5) is 49.4. The summed E-state index contributed by atoms with van der Waals surface area (Å²) in [5.74, 6) is -1.03. The number of carbonyl (C=O) groups excluding carboxylic acids is 3. The van der Waals surface area contributed by atoms with Gasteiger partial charge < -0.3 is 19.5 Å². The van der Waals surface area contributed by atoms with E-state index < -0.39 is 22.7 Å². The maximum Gasteiger partial charge on any atom is 0.343 e. The molecule has 214 valence electrons. The molecule has 0 atom stereocenters. The first-order chi connectivity index (χ1) is 20.9. The van der Waals surface area contributed by atoms with E-state index in [-0.39, 0.29) is 35.1 Å². The number of esters is 1. The molecule has 0 bridgehead atoms. The molecule has 12 heteroatoms. The van der Waals surface area contributed by atoms with Gasteiger partial charge in [0.05, 0.1) is 16.7 Å². The molecule has 12 nitrogen and oxygen atoms in total. The highest BCUT2D eigenvalue weighted by molar-refractivity contribution is 6.05. The summed E-state index contributed by atoms with van der Waals surface area (Å²) < 4.78 is 16.1. The predicted octanol–water partition coefficient (Wildman–Crippen LogP) is 4.46. The molecule has 0 radical (unpaired) electrons. The number of hydrogen-bond acceptors (Lipinski definition) is 9. The molecule has 0 saturated heterocycles. The van der Waals surface area contributed by atoms with Gasteiger partial charge in [0.15, 0.2) is 11.5 Å². The van der Waals surface area contributed by atoms with Gasteiger partial charge in [-0.2, -0.15) is 5.10 Å². The Kier molecular flexibility index (Phi) is 8.48. The molecule has 1 heterocycles. The summed E-state index contributed by atoms with van der Waals surface area (Å²) >= 11 is 0. The van der Waals surface area contributed by atoms with E-state index in [0.29, 0.717) is 22.6 Å². The number of ether oxygens (including phenoxy) is 3. The Balaban J connectivity index is 1.39. The number of fused-ring (bicyclic) bond motifs is 1. The summed E-state index contributed by atoms with van der Waals surface area (Å²) in [5, 5.41) is 17.9. The Morgan fingerprint density at radius 2 is 1.56 bits per heavy atom. The van der Waals surface area contributed by atoms with E-state index in [4.69, 9.17) is 14.2 Å². The number of benzene rings is 4. The third-order valence-corrected chi connectivity index (χ3v) is 6.02. The highest BCUT2D eigenvalue weighted by Crippen LogP contribution is 2.33. The largest absolute Gasteiger partial charge is 0.454 e. The minimum absolute atomic E-state index is 0.0223.